The first-order valence-electron chi connectivity index (χ1n) is 4.05. The molecule has 0 aliphatic rings. The summed E-state index contributed by atoms with van der Waals surface area (Å²) in [4.78, 5) is 0. The summed E-state index contributed by atoms with van der Waals surface area (Å²) in [5, 5.41) is 6.50. The topological polar surface area (TPSA) is 98.0 Å². The zero-order chi connectivity index (χ0) is 10.6. The van der Waals surface area contributed by atoms with Crippen molar-refractivity contribution in [1.82, 2.24) is 10.2 Å². The van der Waals surface area contributed by atoms with Gasteiger partial charge < -0.3 is 5.73 Å². The fourth-order valence-corrected chi connectivity index (χ4v) is 1.58. The van der Waals surface area contributed by atoms with E-state index in [1.807, 2.05) is 0 Å². The van der Waals surface area contributed by atoms with E-state index in [0.717, 1.165) is 0 Å². The Morgan fingerprint density at radius 3 is 2.86 bits per heavy atom. The number of hydrogen-bond donors (Lipinski definition) is 2. The van der Waals surface area contributed by atoms with Gasteiger partial charge in [0.05, 0.1) is 5.25 Å². The van der Waals surface area contributed by atoms with Gasteiger partial charge in [-0.1, -0.05) is 0 Å². The van der Waals surface area contributed by atoms with Crippen molar-refractivity contribution in [2.75, 3.05) is 11.3 Å². The molecule has 1 atom stereocenters. The molecular weight excluding hydrogens is 204 g/mol. The summed E-state index contributed by atoms with van der Waals surface area (Å²) in [5.41, 5.74) is 5.26. The average Bonchev–Trinajstić information content (AvgIpc) is 2.17. The maximum atomic E-state index is 11.5. The van der Waals surface area contributed by atoms with Gasteiger partial charge in [0, 0.05) is 12.7 Å². The minimum absolute atomic E-state index is 0.0651. The Bertz CT molecular complexity index is 378. The van der Waals surface area contributed by atoms with Crippen LogP contribution in [0.3, 0.4) is 0 Å². The number of anilines is 1. The number of nitrogens with one attached hydrogen (secondary N) is 1. The van der Waals surface area contributed by atoms with Gasteiger partial charge in [-0.2, -0.15) is 5.10 Å². The second-order valence-electron chi connectivity index (χ2n) is 2.80. The first kappa shape index (κ1) is 10.9. The number of nitrogens with zero attached hydrogens (tertiary/aromatic N) is 2. The zero-order valence-corrected chi connectivity index (χ0v) is 8.53. The maximum Gasteiger partial charge on any atom is 0.237 e. The Balaban J connectivity index is 2.79. The van der Waals surface area contributed by atoms with Crippen LogP contribution in [0.1, 0.15) is 6.92 Å². The molecule has 1 aromatic rings. The highest BCUT2D eigenvalue weighted by Crippen LogP contribution is 2.06. The third-order valence-corrected chi connectivity index (χ3v) is 3.43. The van der Waals surface area contributed by atoms with Crippen molar-refractivity contribution in [3.05, 3.63) is 18.3 Å². The van der Waals surface area contributed by atoms with Crippen LogP contribution in [0, 0.1) is 0 Å². The van der Waals surface area contributed by atoms with Gasteiger partial charge in [-0.3, -0.25) is 4.72 Å². The normalized spacial score (nSPS) is 13.6. The Hall–Kier alpha value is -1.21. The van der Waals surface area contributed by atoms with Gasteiger partial charge in [-0.25, -0.2) is 8.42 Å². The lowest BCUT2D eigenvalue weighted by Gasteiger charge is -2.11. The van der Waals surface area contributed by atoms with Crippen LogP contribution in [-0.4, -0.2) is 30.4 Å². The molecule has 0 bridgehead atoms. The highest BCUT2D eigenvalue weighted by molar-refractivity contribution is 7.93. The van der Waals surface area contributed by atoms with Crippen LogP contribution in [0.15, 0.2) is 18.3 Å². The molecule has 14 heavy (non-hydrogen) atoms. The fourth-order valence-electron chi connectivity index (χ4n) is 0.729. The molecule has 0 saturated carbocycles. The zero-order valence-electron chi connectivity index (χ0n) is 7.71. The van der Waals surface area contributed by atoms with Crippen LogP contribution in [0.5, 0.6) is 0 Å². The van der Waals surface area contributed by atoms with Crippen molar-refractivity contribution in [3.63, 3.8) is 0 Å². The number of aromatic nitrogens is 2. The van der Waals surface area contributed by atoms with E-state index in [-0.39, 0.29) is 12.4 Å². The van der Waals surface area contributed by atoms with E-state index in [1.165, 1.54) is 19.2 Å². The third-order valence-electron chi connectivity index (χ3n) is 1.68. The molecule has 1 heterocycles. The summed E-state index contributed by atoms with van der Waals surface area (Å²) in [5.74, 6) is 0.202. The van der Waals surface area contributed by atoms with Crippen LogP contribution in [0.2, 0.25) is 0 Å². The van der Waals surface area contributed by atoms with Crippen LogP contribution >= 0.6 is 0 Å². The van der Waals surface area contributed by atoms with Gasteiger partial charge in [-0.15, -0.1) is 5.10 Å². The highest BCUT2D eigenvalue weighted by atomic mass is 32.2. The summed E-state index contributed by atoms with van der Waals surface area (Å²) in [6.45, 7) is 1.59. The second kappa shape index (κ2) is 4.34. The number of sulfonamides is 1. The number of hydrogen-bond acceptors (Lipinski definition) is 5. The van der Waals surface area contributed by atoms with E-state index in [1.54, 1.807) is 6.07 Å². The Labute approximate surface area is 82.6 Å². The van der Waals surface area contributed by atoms with Crippen LogP contribution < -0.4 is 10.5 Å². The minimum atomic E-state index is -3.44. The number of rotatable bonds is 4. The minimum Gasteiger partial charge on any atom is -0.329 e. The quantitative estimate of drug-likeness (QED) is 0.711. The van der Waals surface area contributed by atoms with E-state index >= 15 is 0 Å². The molecule has 3 N–H and O–H groups in total. The average molecular weight is 216 g/mol. The predicted molar refractivity (Wildman–Crippen MR) is 53.1 cm³/mol. The molecule has 0 radical (unpaired) electrons. The molecule has 0 spiro atoms. The Kier molecular flexibility index (Phi) is 3.37. The molecular formula is C7H12N4O2S. The van der Waals surface area contributed by atoms with E-state index in [2.05, 4.69) is 14.9 Å². The molecule has 0 amide bonds. The lowest BCUT2D eigenvalue weighted by Crippen LogP contribution is -2.31. The summed E-state index contributed by atoms with van der Waals surface area (Å²) in [7, 11) is -3.44. The molecule has 1 rings (SSSR count). The summed E-state index contributed by atoms with van der Waals surface area (Å²) in [6, 6.07) is 3.12. The third kappa shape index (κ3) is 2.64. The molecule has 0 fully saturated rings. The van der Waals surface area contributed by atoms with E-state index < -0.39 is 15.3 Å². The number of nitrogens with two attached hydrogens (primary N) is 1. The second-order valence-corrected chi connectivity index (χ2v) is 4.90. The van der Waals surface area contributed by atoms with E-state index in [4.69, 9.17) is 5.73 Å². The summed E-state index contributed by atoms with van der Waals surface area (Å²) in [6.07, 6.45) is 1.46. The Morgan fingerprint density at radius 1 is 1.64 bits per heavy atom. The monoisotopic (exact) mass is 216 g/mol. The standard InChI is InChI=1S/C7H12N4O2S/c1-6(5-8)14(12,13)11-7-3-2-4-9-10-7/h2-4,6H,5,8H2,1H3,(H,10,11). The van der Waals surface area contributed by atoms with E-state index in [0.29, 0.717) is 0 Å². The van der Waals surface area contributed by atoms with Crippen molar-refractivity contribution in [2.45, 2.75) is 12.2 Å². The predicted octanol–water partition coefficient (Wildman–Crippen LogP) is -0.434. The molecule has 0 aliphatic heterocycles. The van der Waals surface area contributed by atoms with Crippen LogP contribution in [0.4, 0.5) is 5.82 Å². The van der Waals surface area contributed by atoms with Gasteiger partial charge in [0.2, 0.25) is 10.0 Å². The smallest absolute Gasteiger partial charge is 0.237 e. The van der Waals surface area contributed by atoms with Crippen molar-refractivity contribution in [2.24, 2.45) is 5.73 Å². The summed E-state index contributed by atoms with van der Waals surface area (Å²) >= 11 is 0. The van der Waals surface area contributed by atoms with Gasteiger partial charge in [-0.05, 0) is 19.1 Å². The van der Waals surface area contributed by atoms with Crippen LogP contribution in [0.25, 0.3) is 0 Å². The largest absolute Gasteiger partial charge is 0.329 e. The first-order chi connectivity index (χ1) is 6.56. The van der Waals surface area contributed by atoms with Gasteiger partial charge in [0.15, 0.2) is 5.82 Å². The van der Waals surface area contributed by atoms with Crippen LogP contribution in [-0.2, 0) is 10.0 Å². The fraction of sp³-hybridized carbons (Fsp3) is 0.429. The van der Waals surface area contributed by atoms with Crippen molar-refractivity contribution in [1.29, 1.82) is 0 Å². The molecule has 78 valence electrons. The highest BCUT2D eigenvalue weighted by Gasteiger charge is 2.19. The van der Waals surface area contributed by atoms with Crippen molar-refractivity contribution in [3.8, 4) is 0 Å². The van der Waals surface area contributed by atoms with Gasteiger partial charge in [0.25, 0.3) is 0 Å². The molecule has 0 aromatic carbocycles. The summed E-state index contributed by atoms with van der Waals surface area (Å²) < 4.78 is 25.2. The molecule has 7 heteroatoms. The lowest BCUT2D eigenvalue weighted by atomic mass is 10.5. The maximum absolute atomic E-state index is 11.5. The molecule has 6 nitrogen and oxygen atoms in total. The first-order valence-corrected chi connectivity index (χ1v) is 5.60. The SMILES string of the molecule is CC(CN)S(=O)(=O)Nc1cccnn1. The molecule has 1 aromatic heterocycles. The van der Waals surface area contributed by atoms with E-state index in [9.17, 15) is 8.42 Å². The molecule has 0 saturated heterocycles. The van der Waals surface area contributed by atoms with Crippen molar-refractivity contribution >= 4 is 15.8 Å². The Morgan fingerprint density at radius 2 is 2.36 bits per heavy atom. The van der Waals surface area contributed by atoms with Gasteiger partial charge in [0.1, 0.15) is 0 Å². The van der Waals surface area contributed by atoms with Crippen molar-refractivity contribution < 1.29 is 8.42 Å². The van der Waals surface area contributed by atoms with Gasteiger partial charge >= 0.3 is 0 Å². The lowest BCUT2D eigenvalue weighted by molar-refractivity contribution is 0.589. The molecule has 1 unspecified atom stereocenters. The molecule has 0 aliphatic carbocycles.